The number of hydrogen-bond donors (Lipinski definition) is 3. The molecular formula is C11H16N4O2S2. The summed E-state index contributed by atoms with van der Waals surface area (Å²) in [5.74, 6) is 0. The van der Waals surface area contributed by atoms with Gasteiger partial charge in [0.15, 0.2) is 5.03 Å². The zero-order valence-electron chi connectivity index (χ0n) is 10.5. The lowest BCUT2D eigenvalue weighted by atomic mass is 10.2. The Bertz CT molecular complexity index is 619. The maximum Gasteiger partial charge on any atom is 0.258 e. The highest BCUT2D eigenvalue weighted by atomic mass is 32.2. The summed E-state index contributed by atoms with van der Waals surface area (Å²) in [6.45, 7) is 2.06. The molecular weight excluding hydrogens is 284 g/mol. The van der Waals surface area contributed by atoms with Crippen molar-refractivity contribution in [1.29, 1.82) is 0 Å². The Kier molecular flexibility index (Phi) is 4.35. The number of nitrogens with one attached hydrogen (secondary N) is 2. The molecule has 0 spiro atoms. The number of nitrogens with two attached hydrogens (primary N) is 1. The first kappa shape index (κ1) is 14.2. The minimum absolute atomic E-state index is 0.0463. The van der Waals surface area contributed by atoms with Gasteiger partial charge in [-0.25, -0.2) is 13.1 Å². The van der Waals surface area contributed by atoms with Crippen molar-refractivity contribution in [3.8, 4) is 0 Å². The zero-order chi connectivity index (χ0) is 13.9. The second kappa shape index (κ2) is 5.83. The molecule has 19 heavy (non-hydrogen) atoms. The highest BCUT2D eigenvalue weighted by Gasteiger charge is 2.24. The van der Waals surface area contributed by atoms with Crippen molar-refractivity contribution in [2.24, 2.45) is 5.73 Å². The van der Waals surface area contributed by atoms with Crippen LogP contribution < -0.4 is 10.5 Å². The minimum atomic E-state index is -3.64. The molecule has 0 saturated carbocycles. The first-order chi connectivity index (χ1) is 9.08. The lowest BCUT2D eigenvalue weighted by molar-refractivity contribution is 0.548. The summed E-state index contributed by atoms with van der Waals surface area (Å²) >= 11 is 1.53. The summed E-state index contributed by atoms with van der Waals surface area (Å²) in [6.07, 6.45) is 2.10. The molecule has 0 aliphatic carbocycles. The number of nitrogens with zero attached hydrogens (tertiary/aromatic N) is 1. The third-order valence-electron chi connectivity index (χ3n) is 2.76. The molecule has 8 heteroatoms. The van der Waals surface area contributed by atoms with Gasteiger partial charge in [0.2, 0.25) is 0 Å². The number of sulfonamides is 1. The second-order valence-corrected chi connectivity index (χ2v) is 6.66. The van der Waals surface area contributed by atoms with E-state index in [1.165, 1.54) is 17.5 Å². The summed E-state index contributed by atoms with van der Waals surface area (Å²) in [5, 5.41) is 8.20. The van der Waals surface area contributed by atoms with Gasteiger partial charge in [-0.05, 0) is 17.9 Å². The van der Waals surface area contributed by atoms with Crippen LogP contribution in [0.1, 0.15) is 29.8 Å². The van der Waals surface area contributed by atoms with Crippen LogP contribution in [0.3, 0.4) is 0 Å². The van der Waals surface area contributed by atoms with Crippen molar-refractivity contribution in [1.82, 2.24) is 14.9 Å². The van der Waals surface area contributed by atoms with Crippen molar-refractivity contribution >= 4 is 21.4 Å². The number of aromatic amines is 1. The van der Waals surface area contributed by atoms with Crippen LogP contribution in [0.25, 0.3) is 0 Å². The average Bonchev–Trinajstić information content (AvgIpc) is 3.06. The third kappa shape index (κ3) is 3.03. The Morgan fingerprint density at radius 2 is 2.37 bits per heavy atom. The second-order valence-electron chi connectivity index (χ2n) is 4.03. The number of rotatable bonds is 6. The topological polar surface area (TPSA) is 101 Å². The van der Waals surface area contributed by atoms with E-state index in [1.54, 1.807) is 0 Å². The highest BCUT2D eigenvalue weighted by molar-refractivity contribution is 7.89. The number of H-pyrrole nitrogens is 1. The van der Waals surface area contributed by atoms with E-state index in [2.05, 4.69) is 14.9 Å². The van der Waals surface area contributed by atoms with Crippen LogP contribution in [-0.2, 0) is 16.6 Å². The molecule has 0 bridgehead atoms. The maximum atomic E-state index is 12.3. The molecule has 0 aliphatic rings. The van der Waals surface area contributed by atoms with E-state index >= 15 is 0 Å². The maximum absolute atomic E-state index is 12.3. The predicted molar refractivity (Wildman–Crippen MR) is 74.2 cm³/mol. The quantitative estimate of drug-likeness (QED) is 0.749. The van der Waals surface area contributed by atoms with Crippen LogP contribution in [0, 0.1) is 0 Å². The fraction of sp³-hybridized carbons (Fsp3) is 0.364. The van der Waals surface area contributed by atoms with Crippen molar-refractivity contribution in [3.05, 3.63) is 34.2 Å². The molecule has 6 nitrogen and oxygen atoms in total. The van der Waals surface area contributed by atoms with E-state index < -0.39 is 10.0 Å². The van der Waals surface area contributed by atoms with Crippen molar-refractivity contribution in [3.63, 3.8) is 0 Å². The molecule has 0 amide bonds. The van der Waals surface area contributed by atoms with Crippen molar-refractivity contribution in [2.45, 2.75) is 31.0 Å². The monoisotopic (exact) mass is 300 g/mol. The number of hydrogen-bond acceptors (Lipinski definition) is 5. The summed E-state index contributed by atoms with van der Waals surface area (Å²) < 4.78 is 27.3. The summed E-state index contributed by atoms with van der Waals surface area (Å²) in [7, 11) is -3.64. The smallest absolute Gasteiger partial charge is 0.258 e. The molecule has 4 N–H and O–H groups in total. The Hall–Kier alpha value is -1.22. The SMILES string of the molecule is CCC(NS(=O)(=O)c1[nH]ncc1CN)c1cccs1. The normalized spacial score (nSPS) is 13.6. The summed E-state index contributed by atoms with van der Waals surface area (Å²) in [5.41, 5.74) is 5.98. The fourth-order valence-electron chi connectivity index (χ4n) is 1.76. The largest absolute Gasteiger partial charge is 0.326 e. The van der Waals surface area contributed by atoms with E-state index in [9.17, 15) is 8.42 Å². The lowest BCUT2D eigenvalue weighted by Gasteiger charge is -2.15. The molecule has 0 aromatic carbocycles. The van der Waals surface area contributed by atoms with Gasteiger partial charge in [-0.1, -0.05) is 13.0 Å². The molecule has 0 fully saturated rings. The summed E-state index contributed by atoms with van der Waals surface area (Å²) in [6, 6.07) is 3.58. The Morgan fingerprint density at radius 3 is 2.95 bits per heavy atom. The van der Waals surface area contributed by atoms with Gasteiger partial charge in [-0.3, -0.25) is 5.10 Å². The van der Waals surface area contributed by atoms with Gasteiger partial charge < -0.3 is 5.73 Å². The number of thiophene rings is 1. The first-order valence-electron chi connectivity index (χ1n) is 5.86. The van der Waals surface area contributed by atoms with Gasteiger partial charge in [0.1, 0.15) is 0 Å². The van der Waals surface area contributed by atoms with E-state index in [0.29, 0.717) is 12.0 Å². The van der Waals surface area contributed by atoms with Crippen LogP contribution in [0.2, 0.25) is 0 Å². The van der Waals surface area contributed by atoms with E-state index in [0.717, 1.165) is 4.88 Å². The third-order valence-corrected chi connectivity index (χ3v) is 5.23. The van der Waals surface area contributed by atoms with Gasteiger partial charge in [-0.15, -0.1) is 11.3 Å². The fourth-order valence-corrected chi connectivity index (χ4v) is 4.13. The Morgan fingerprint density at radius 1 is 1.58 bits per heavy atom. The van der Waals surface area contributed by atoms with Crippen LogP contribution in [0.5, 0.6) is 0 Å². The van der Waals surface area contributed by atoms with E-state index in [4.69, 9.17) is 5.73 Å². The average molecular weight is 300 g/mol. The highest BCUT2D eigenvalue weighted by Crippen LogP contribution is 2.24. The Balaban J connectivity index is 2.26. The van der Waals surface area contributed by atoms with E-state index in [-0.39, 0.29) is 17.6 Å². The minimum Gasteiger partial charge on any atom is -0.326 e. The zero-order valence-corrected chi connectivity index (χ0v) is 12.1. The predicted octanol–water partition coefficient (Wildman–Crippen LogP) is 1.36. The van der Waals surface area contributed by atoms with Gasteiger partial charge in [0.05, 0.1) is 12.2 Å². The van der Waals surface area contributed by atoms with Crippen LogP contribution in [0.15, 0.2) is 28.7 Å². The van der Waals surface area contributed by atoms with Crippen molar-refractivity contribution < 1.29 is 8.42 Å². The molecule has 0 saturated heterocycles. The molecule has 1 unspecified atom stereocenters. The summed E-state index contributed by atoms with van der Waals surface area (Å²) in [4.78, 5) is 0.986. The molecule has 2 aromatic heterocycles. The number of aromatic nitrogens is 2. The molecule has 2 rings (SSSR count). The van der Waals surface area contributed by atoms with Gasteiger partial charge in [-0.2, -0.15) is 5.10 Å². The lowest BCUT2D eigenvalue weighted by Crippen LogP contribution is -2.29. The molecule has 0 radical (unpaired) electrons. The molecule has 2 aromatic rings. The Labute approximate surface area is 116 Å². The van der Waals surface area contributed by atoms with Gasteiger partial charge in [0.25, 0.3) is 10.0 Å². The van der Waals surface area contributed by atoms with Crippen molar-refractivity contribution in [2.75, 3.05) is 0 Å². The van der Waals surface area contributed by atoms with Crippen LogP contribution in [0.4, 0.5) is 0 Å². The molecule has 1 atom stereocenters. The van der Waals surface area contributed by atoms with Gasteiger partial charge >= 0.3 is 0 Å². The van der Waals surface area contributed by atoms with Crippen LogP contribution >= 0.6 is 11.3 Å². The van der Waals surface area contributed by atoms with E-state index in [1.807, 2.05) is 24.4 Å². The van der Waals surface area contributed by atoms with Crippen LogP contribution in [-0.4, -0.2) is 18.6 Å². The first-order valence-corrected chi connectivity index (χ1v) is 8.22. The standard InChI is InChI=1S/C11H16N4O2S2/c1-2-9(10-4-3-5-18-10)15-19(16,17)11-8(6-12)7-13-14-11/h3-5,7,9,15H,2,6,12H2,1H3,(H,13,14). The molecule has 2 heterocycles. The molecule has 0 aliphatic heterocycles. The van der Waals surface area contributed by atoms with Gasteiger partial charge in [0, 0.05) is 17.0 Å². The molecule has 104 valence electrons.